The third-order valence-corrected chi connectivity index (χ3v) is 3.32. The summed E-state index contributed by atoms with van der Waals surface area (Å²) in [6.45, 7) is 2.00. The highest BCUT2D eigenvalue weighted by Gasteiger charge is 2.15. The van der Waals surface area contributed by atoms with Crippen LogP contribution in [0.4, 0.5) is 0 Å². The van der Waals surface area contributed by atoms with E-state index in [0.29, 0.717) is 0 Å². The van der Waals surface area contributed by atoms with Crippen molar-refractivity contribution in [2.24, 2.45) is 12.9 Å². The maximum atomic E-state index is 5.57. The van der Waals surface area contributed by atoms with Crippen LogP contribution < -0.4 is 11.3 Å². The smallest absolute Gasteiger partial charge is 0.0897 e. The van der Waals surface area contributed by atoms with Gasteiger partial charge in [0.25, 0.3) is 0 Å². The second kappa shape index (κ2) is 4.73. The van der Waals surface area contributed by atoms with E-state index in [2.05, 4.69) is 20.9 Å². The van der Waals surface area contributed by atoms with E-state index in [0.717, 1.165) is 22.8 Å². The molecule has 86 valence electrons. The van der Waals surface area contributed by atoms with E-state index in [-0.39, 0.29) is 6.04 Å². The highest BCUT2D eigenvalue weighted by atomic mass is 32.1. The predicted octanol–water partition coefficient (Wildman–Crippen LogP) is 0.932. The van der Waals surface area contributed by atoms with E-state index in [1.807, 2.05) is 24.7 Å². The van der Waals surface area contributed by atoms with Gasteiger partial charge in [0.2, 0.25) is 0 Å². The number of rotatable bonds is 4. The summed E-state index contributed by atoms with van der Waals surface area (Å²) in [5.41, 5.74) is 4.93. The molecule has 2 aromatic heterocycles. The Morgan fingerprint density at radius 3 is 2.94 bits per heavy atom. The predicted molar refractivity (Wildman–Crippen MR) is 63.8 cm³/mol. The van der Waals surface area contributed by atoms with Crippen molar-refractivity contribution in [3.05, 3.63) is 34.0 Å². The number of aromatic nitrogens is 3. The van der Waals surface area contributed by atoms with E-state index >= 15 is 0 Å². The van der Waals surface area contributed by atoms with E-state index < -0.39 is 0 Å². The lowest BCUT2D eigenvalue weighted by Gasteiger charge is -2.14. The quantitative estimate of drug-likeness (QED) is 0.613. The van der Waals surface area contributed by atoms with Crippen LogP contribution in [0.3, 0.4) is 0 Å². The third kappa shape index (κ3) is 2.29. The molecule has 6 heteroatoms. The fourth-order valence-corrected chi connectivity index (χ4v) is 2.31. The topological polar surface area (TPSA) is 68.8 Å². The Morgan fingerprint density at radius 2 is 2.44 bits per heavy atom. The standard InChI is InChI=1S/C10H15N5S/c1-7-13-8(6-16-7)5-9(14-11)10-3-4-12-15(10)2/h3-4,6,9,14H,5,11H2,1-2H3. The Kier molecular flexibility index (Phi) is 3.33. The largest absolute Gasteiger partial charge is 0.271 e. The summed E-state index contributed by atoms with van der Waals surface area (Å²) >= 11 is 1.66. The van der Waals surface area contributed by atoms with E-state index in [4.69, 9.17) is 5.84 Å². The van der Waals surface area contributed by atoms with Crippen molar-refractivity contribution < 1.29 is 0 Å². The van der Waals surface area contributed by atoms with E-state index in [9.17, 15) is 0 Å². The normalized spacial score (nSPS) is 12.9. The van der Waals surface area contributed by atoms with Crippen LogP contribution in [0, 0.1) is 6.92 Å². The van der Waals surface area contributed by atoms with Gasteiger partial charge in [-0.15, -0.1) is 11.3 Å². The van der Waals surface area contributed by atoms with Crippen LogP contribution in [0.25, 0.3) is 0 Å². The Hall–Kier alpha value is -1.24. The number of aryl methyl sites for hydroxylation is 2. The van der Waals surface area contributed by atoms with Crippen LogP contribution in [-0.2, 0) is 13.5 Å². The van der Waals surface area contributed by atoms with Gasteiger partial charge in [0.05, 0.1) is 22.4 Å². The van der Waals surface area contributed by atoms with Crippen LogP contribution >= 0.6 is 11.3 Å². The molecule has 0 amide bonds. The summed E-state index contributed by atoms with van der Waals surface area (Å²) in [5, 5.41) is 7.28. The van der Waals surface area contributed by atoms with Gasteiger partial charge in [0.15, 0.2) is 0 Å². The van der Waals surface area contributed by atoms with Crippen molar-refractivity contribution in [2.45, 2.75) is 19.4 Å². The first-order valence-corrected chi connectivity index (χ1v) is 5.93. The van der Waals surface area contributed by atoms with Crippen LogP contribution in [0.1, 0.15) is 22.4 Å². The van der Waals surface area contributed by atoms with E-state index in [1.165, 1.54) is 0 Å². The summed E-state index contributed by atoms with van der Waals surface area (Å²) in [6.07, 6.45) is 2.55. The van der Waals surface area contributed by atoms with Crippen molar-refractivity contribution in [3.63, 3.8) is 0 Å². The molecule has 5 nitrogen and oxygen atoms in total. The van der Waals surface area contributed by atoms with Gasteiger partial charge >= 0.3 is 0 Å². The lowest BCUT2D eigenvalue weighted by atomic mass is 10.1. The first-order valence-electron chi connectivity index (χ1n) is 5.05. The van der Waals surface area contributed by atoms with Crippen LogP contribution in [0.15, 0.2) is 17.6 Å². The first-order chi connectivity index (χ1) is 7.70. The molecular weight excluding hydrogens is 222 g/mol. The number of thiazole rings is 1. The Labute approximate surface area is 98.3 Å². The minimum absolute atomic E-state index is 0.0500. The molecule has 0 aliphatic heterocycles. The van der Waals surface area contributed by atoms with Gasteiger partial charge in [-0.3, -0.25) is 16.0 Å². The summed E-state index contributed by atoms with van der Waals surface area (Å²) < 4.78 is 1.82. The molecule has 0 aliphatic rings. The van der Waals surface area contributed by atoms with Crippen molar-refractivity contribution in [2.75, 3.05) is 0 Å². The molecule has 0 radical (unpaired) electrons. The minimum atomic E-state index is 0.0500. The van der Waals surface area contributed by atoms with Gasteiger partial charge in [-0.1, -0.05) is 0 Å². The zero-order valence-electron chi connectivity index (χ0n) is 9.34. The SMILES string of the molecule is Cc1nc(CC(NN)c2ccnn2C)cs1. The van der Waals surface area contributed by atoms with Gasteiger partial charge in [-0.2, -0.15) is 5.10 Å². The number of nitrogens with two attached hydrogens (primary N) is 1. The Bertz CT molecular complexity index is 461. The highest BCUT2D eigenvalue weighted by molar-refractivity contribution is 7.09. The van der Waals surface area contributed by atoms with Crippen LogP contribution in [0.5, 0.6) is 0 Å². The molecule has 2 heterocycles. The first kappa shape index (κ1) is 11.3. The summed E-state index contributed by atoms with van der Waals surface area (Å²) in [5.74, 6) is 5.57. The Balaban J connectivity index is 2.15. The minimum Gasteiger partial charge on any atom is -0.271 e. The second-order valence-electron chi connectivity index (χ2n) is 3.66. The van der Waals surface area contributed by atoms with Crippen molar-refractivity contribution in [1.82, 2.24) is 20.2 Å². The van der Waals surface area contributed by atoms with Crippen LogP contribution in [-0.4, -0.2) is 14.8 Å². The fourth-order valence-electron chi connectivity index (χ4n) is 1.69. The molecular formula is C10H15N5S. The molecule has 0 aliphatic carbocycles. The second-order valence-corrected chi connectivity index (χ2v) is 4.72. The molecule has 0 saturated heterocycles. The number of nitrogens with one attached hydrogen (secondary N) is 1. The fraction of sp³-hybridized carbons (Fsp3) is 0.400. The summed E-state index contributed by atoms with van der Waals surface area (Å²) in [7, 11) is 1.91. The number of hydrazine groups is 1. The molecule has 0 saturated carbocycles. The number of hydrogen-bond acceptors (Lipinski definition) is 5. The van der Waals surface area contributed by atoms with Gasteiger partial charge in [-0.05, 0) is 13.0 Å². The lowest BCUT2D eigenvalue weighted by molar-refractivity contribution is 0.505. The molecule has 0 bridgehead atoms. The zero-order chi connectivity index (χ0) is 11.5. The van der Waals surface area contributed by atoms with Gasteiger partial charge in [-0.25, -0.2) is 4.98 Å². The molecule has 16 heavy (non-hydrogen) atoms. The molecule has 0 aromatic carbocycles. The highest BCUT2D eigenvalue weighted by Crippen LogP contribution is 2.18. The van der Waals surface area contributed by atoms with Gasteiger partial charge < -0.3 is 0 Å². The average Bonchev–Trinajstić information content (AvgIpc) is 2.84. The summed E-state index contributed by atoms with van der Waals surface area (Å²) in [4.78, 5) is 4.43. The van der Waals surface area contributed by atoms with Crippen molar-refractivity contribution >= 4 is 11.3 Å². The van der Waals surface area contributed by atoms with E-state index in [1.54, 1.807) is 17.5 Å². The van der Waals surface area contributed by atoms with Gasteiger partial charge in [0, 0.05) is 25.0 Å². The molecule has 2 aromatic rings. The maximum absolute atomic E-state index is 5.57. The summed E-state index contributed by atoms with van der Waals surface area (Å²) in [6, 6.07) is 2.01. The average molecular weight is 237 g/mol. The third-order valence-electron chi connectivity index (χ3n) is 2.50. The number of nitrogens with zero attached hydrogens (tertiary/aromatic N) is 3. The zero-order valence-corrected chi connectivity index (χ0v) is 10.2. The number of hydrogen-bond donors (Lipinski definition) is 2. The molecule has 0 spiro atoms. The molecule has 3 N–H and O–H groups in total. The molecule has 1 atom stereocenters. The van der Waals surface area contributed by atoms with Crippen molar-refractivity contribution in [1.29, 1.82) is 0 Å². The molecule has 2 rings (SSSR count). The molecule has 0 fully saturated rings. The Morgan fingerprint density at radius 1 is 1.62 bits per heavy atom. The monoisotopic (exact) mass is 237 g/mol. The maximum Gasteiger partial charge on any atom is 0.0897 e. The van der Waals surface area contributed by atoms with Crippen LogP contribution in [0.2, 0.25) is 0 Å². The van der Waals surface area contributed by atoms with Crippen molar-refractivity contribution in [3.8, 4) is 0 Å². The van der Waals surface area contributed by atoms with Gasteiger partial charge in [0.1, 0.15) is 0 Å². The molecule has 1 unspecified atom stereocenters. The lowest BCUT2D eigenvalue weighted by Crippen LogP contribution is -2.31.